The maximum Gasteiger partial charge on any atom is 0.339 e. The Kier molecular flexibility index (Phi) is 4.38. The van der Waals surface area contributed by atoms with Gasteiger partial charge in [-0.25, -0.2) is 4.79 Å². The molecule has 0 saturated carbocycles. The van der Waals surface area contributed by atoms with Gasteiger partial charge >= 0.3 is 5.97 Å². The highest BCUT2D eigenvalue weighted by Crippen LogP contribution is 2.24. The van der Waals surface area contributed by atoms with Gasteiger partial charge in [0.2, 0.25) is 5.91 Å². The van der Waals surface area contributed by atoms with Gasteiger partial charge in [0, 0.05) is 0 Å². The van der Waals surface area contributed by atoms with E-state index in [-0.39, 0.29) is 28.6 Å². The second-order valence-corrected chi connectivity index (χ2v) is 4.59. The minimum absolute atomic E-state index is 0.0926. The lowest BCUT2D eigenvalue weighted by Gasteiger charge is -2.09. The maximum atomic E-state index is 11.9. The second-order valence-electron chi connectivity index (χ2n) is 4.18. The van der Waals surface area contributed by atoms with Crippen LogP contribution < -0.4 is 5.32 Å². The molecule has 0 aliphatic rings. The molecule has 0 aliphatic heterocycles. The fourth-order valence-electron chi connectivity index (χ4n) is 1.82. The number of carbonyl (C=O) groups is 2. The van der Waals surface area contributed by atoms with E-state index in [1.54, 1.807) is 6.07 Å². The normalized spacial score (nSPS) is 10.1. The van der Waals surface area contributed by atoms with Gasteiger partial charge in [-0.3, -0.25) is 4.79 Å². The van der Waals surface area contributed by atoms with E-state index in [4.69, 9.17) is 16.7 Å². The summed E-state index contributed by atoms with van der Waals surface area (Å²) in [6.07, 6.45) is 0.173. The molecule has 0 spiro atoms. The molecular formula is C15H12ClNO3. The first-order valence-electron chi connectivity index (χ1n) is 5.93. The lowest BCUT2D eigenvalue weighted by atomic mass is 10.1. The predicted octanol–water partition coefficient (Wildman–Crippen LogP) is 3.22. The van der Waals surface area contributed by atoms with Crippen molar-refractivity contribution >= 4 is 29.2 Å². The third-order valence-electron chi connectivity index (χ3n) is 2.71. The van der Waals surface area contributed by atoms with Gasteiger partial charge in [0.05, 0.1) is 17.1 Å². The largest absolute Gasteiger partial charge is 0.478 e. The first-order chi connectivity index (χ1) is 9.58. The number of nitrogens with one attached hydrogen (secondary N) is 1. The molecule has 1 amide bonds. The Bertz CT molecular complexity index is 641. The minimum atomic E-state index is -1.18. The highest BCUT2D eigenvalue weighted by molar-refractivity contribution is 6.34. The summed E-state index contributed by atoms with van der Waals surface area (Å²) in [5.74, 6) is -1.47. The molecule has 2 N–H and O–H groups in total. The number of hydrogen-bond acceptors (Lipinski definition) is 2. The Balaban J connectivity index is 2.16. The monoisotopic (exact) mass is 289 g/mol. The van der Waals surface area contributed by atoms with Crippen LogP contribution in [0.25, 0.3) is 0 Å². The predicted molar refractivity (Wildman–Crippen MR) is 77.2 cm³/mol. The van der Waals surface area contributed by atoms with E-state index in [1.165, 1.54) is 12.1 Å². The third kappa shape index (κ3) is 3.36. The van der Waals surface area contributed by atoms with Crippen molar-refractivity contribution in [2.45, 2.75) is 6.42 Å². The Labute approximate surface area is 121 Å². The molecule has 2 aromatic carbocycles. The molecule has 0 fully saturated rings. The van der Waals surface area contributed by atoms with Gasteiger partial charge in [-0.05, 0) is 17.7 Å². The summed E-state index contributed by atoms with van der Waals surface area (Å²) in [7, 11) is 0. The average Bonchev–Trinajstić information content (AvgIpc) is 2.39. The topological polar surface area (TPSA) is 66.4 Å². The zero-order chi connectivity index (χ0) is 14.5. The van der Waals surface area contributed by atoms with Crippen LogP contribution in [-0.2, 0) is 11.2 Å². The fraction of sp³-hybridized carbons (Fsp3) is 0.0667. The molecule has 0 saturated heterocycles. The number of rotatable bonds is 4. The van der Waals surface area contributed by atoms with Gasteiger partial charge < -0.3 is 10.4 Å². The van der Waals surface area contributed by atoms with Crippen LogP contribution in [0.5, 0.6) is 0 Å². The third-order valence-corrected chi connectivity index (χ3v) is 3.02. The number of carboxylic acids is 1. The molecular weight excluding hydrogens is 278 g/mol. The van der Waals surface area contributed by atoms with Crippen LogP contribution in [-0.4, -0.2) is 17.0 Å². The van der Waals surface area contributed by atoms with Crippen molar-refractivity contribution in [3.8, 4) is 0 Å². The number of hydrogen-bond donors (Lipinski definition) is 2. The minimum Gasteiger partial charge on any atom is -0.478 e. The van der Waals surface area contributed by atoms with Crippen LogP contribution in [0.3, 0.4) is 0 Å². The molecule has 4 nitrogen and oxygen atoms in total. The Hall–Kier alpha value is -2.33. The van der Waals surface area contributed by atoms with Crippen LogP contribution in [0, 0.1) is 0 Å². The van der Waals surface area contributed by atoms with Crippen LogP contribution in [0.4, 0.5) is 5.69 Å². The number of anilines is 1. The molecule has 0 heterocycles. The first kappa shape index (κ1) is 14.1. The van der Waals surface area contributed by atoms with E-state index in [2.05, 4.69) is 5.32 Å². The van der Waals surface area contributed by atoms with E-state index in [1.807, 2.05) is 30.3 Å². The molecule has 0 aliphatic carbocycles. The maximum absolute atomic E-state index is 11.9. The zero-order valence-corrected chi connectivity index (χ0v) is 11.2. The van der Waals surface area contributed by atoms with E-state index >= 15 is 0 Å². The van der Waals surface area contributed by atoms with Crippen molar-refractivity contribution in [3.63, 3.8) is 0 Å². The molecule has 2 aromatic rings. The van der Waals surface area contributed by atoms with E-state index < -0.39 is 5.97 Å². The van der Waals surface area contributed by atoms with Crippen LogP contribution in [0.15, 0.2) is 48.5 Å². The Morgan fingerprint density at radius 1 is 1.05 bits per heavy atom. The number of aromatic carboxylic acids is 1. The SMILES string of the molecule is O=C(Cc1ccccc1)Nc1cccc(Cl)c1C(=O)O. The van der Waals surface area contributed by atoms with Gasteiger partial charge in [0.1, 0.15) is 5.56 Å². The fourth-order valence-corrected chi connectivity index (χ4v) is 2.08. The quantitative estimate of drug-likeness (QED) is 0.908. The van der Waals surface area contributed by atoms with E-state index in [9.17, 15) is 9.59 Å². The van der Waals surface area contributed by atoms with Crippen molar-refractivity contribution in [1.29, 1.82) is 0 Å². The summed E-state index contributed by atoms with van der Waals surface area (Å²) in [5, 5.41) is 11.8. The lowest BCUT2D eigenvalue weighted by molar-refractivity contribution is -0.115. The van der Waals surface area contributed by atoms with E-state index in [0.29, 0.717) is 0 Å². The standard InChI is InChI=1S/C15H12ClNO3/c16-11-7-4-8-12(14(11)15(19)20)17-13(18)9-10-5-2-1-3-6-10/h1-8H,9H2,(H,17,18)(H,19,20). The van der Waals surface area contributed by atoms with Gasteiger partial charge in [0.25, 0.3) is 0 Å². The first-order valence-corrected chi connectivity index (χ1v) is 6.31. The Morgan fingerprint density at radius 2 is 1.75 bits per heavy atom. The van der Waals surface area contributed by atoms with Crippen molar-refractivity contribution in [3.05, 3.63) is 64.7 Å². The molecule has 0 radical (unpaired) electrons. The number of halogens is 1. The summed E-state index contributed by atoms with van der Waals surface area (Å²) >= 11 is 5.84. The van der Waals surface area contributed by atoms with Gasteiger partial charge in [0.15, 0.2) is 0 Å². The number of benzene rings is 2. The molecule has 0 unspecified atom stereocenters. The molecule has 0 aromatic heterocycles. The van der Waals surface area contributed by atoms with E-state index in [0.717, 1.165) is 5.56 Å². The van der Waals surface area contributed by atoms with Crippen molar-refractivity contribution in [1.82, 2.24) is 0 Å². The average molecular weight is 290 g/mol. The number of carboxylic acid groups (broad SMARTS) is 1. The summed E-state index contributed by atoms with van der Waals surface area (Å²) in [5.41, 5.74) is 0.949. The summed E-state index contributed by atoms with van der Waals surface area (Å²) < 4.78 is 0. The summed E-state index contributed by atoms with van der Waals surface area (Å²) in [6, 6.07) is 13.8. The smallest absolute Gasteiger partial charge is 0.339 e. The number of carbonyl (C=O) groups excluding carboxylic acids is 1. The Morgan fingerprint density at radius 3 is 2.40 bits per heavy atom. The molecule has 20 heavy (non-hydrogen) atoms. The van der Waals surface area contributed by atoms with Gasteiger partial charge in [-0.1, -0.05) is 48.0 Å². The van der Waals surface area contributed by atoms with Crippen LogP contribution in [0.1, 0.15) is 15.9 Å². The molecule has 5 heteroatoms. The zero-order valence-electron chi connectivity index (χ0n) is 10.5. The summed E-state index contributed by atoms with van der Waals surface area (Å²) in [4.78, 5) is 23.1. The highest BCUT2D eigenvalue weighted by Gasteiger charge is 2.16. The van der Waals surface area contributed by atoms with Gasteiger partial charge in [-0.15, -0.1) is 0 Å². The number of amides is 1. The van der Waals surface area contributed by atoms with Crippen molar-refractivity contribution < 1.29 is 14.7 Å². The van der Waals surface area contributed by atoms with Crippen molar-refractivity contribution in [2.24, 2.45) is 0 Å². The molecule has 102 valence electrons. The second kappa shape index (κ2) is 6.21. The van der Waals surface area contributed by atoms with Gasteiger partial charge in [-0.2, -0.15) is 0 Å². The highest BCUT2D eigenvalue weighted by atomic mass is 35.5. The summed E-state index contributed by atoms with van der Waals surface area (Å²) in [6.45, 7) is 0. The molecule has 0 atom stereocenters. The van der Waals surface area contributed by atoms with Crippen molar-refractivity contribution in [2.75, 3.05) is 5.32 Å². The lowest BCUT2D eigenvalue weighted by Crippen LogP contribution is -2.17. The van der Waals surface area contributed by atoms with Crippen LogP contribution in [0.2, 0.25) is 5.02 Å². The molecule has 0 bridgehead atoms. The molecule has 2 rings (SSSR count). The van der Waals surface area contributed by atoms with Crippen LogP contribution >= 0.6 is 11.6 Å².